The van der Waals surface area contributed by atoms with Crippen LogP contribution in [-0.4, -0.2) is 12.5 Å². The zero-order valence-corrected chi connectivity index (χ0v) is 9.25. The fourth-order valence-electron chi connectivity index (χ4n) is 1.77. The van der Waals surface area contributed by atoms with Gasteiger partial charge in [0.1, 0.15) is 0 Å². The second-order valence-electron chi connectivity index (χ2n) is 4.55. The second-order valence-corrected chi connectivity index (χ2v) is 4.55. The van der Waals surface area contributed by atoms with Gasteiger partial charge in [-0.25, -0.2) is 0 Å². The van der Waals surface area contributed by atoms with E-state index in [1.165, 1.54) is 12.8 Å². The molecule has 1 N–H and O–H groups in total. The number of carbonyl (C=O) groups is 1. The summed E-state index contributed by atoms with van der Waals surface area (Å²) in [4.78, 5) is 11.3. The van der Waals surface area contributed by atoms with Gasteiger partial charge in [-0.3, -0.25) is 4.79 Å². The molecule has 1 aliphatic rings. The number of hydrogen-bond donors (Lipinski definition) is 1. The Hall–Kier alpha value is -0.790. The smallest absolute Gasteiger partial charge is 0.220 e. The van der Waals surface area contributed by atoms with Gasteiger partial charge in [-0.15, -0.1) is 0 Å². The highest BCUT2D eigenvalue weighted by Crippen LogP contribution is 2.20. The standard InChI is InChI=1S/C12H21NO/c1-10(2)9-12(14)13-8-7-11-5-3-4-6-11/h3-4,10-11H,5-9H2,1-2H3,(H,13,14). The molecule has 1 rings (SSSR count). The maximum absolute atomic E-state index is 11.3. The molecule has 2 nitrogen and oxygen atoms in total. The number of amides is 1. The molecular weight excluding hydrogens is 174 g/mol. The monoisotopic (exact) mass is 195 g/mol. The van der Waals surface area contributed by atoms with Crippen molar-refractivity contribution in [3.63, 3.8) is 0 Å². The first-order chi connectivity index (χ1) is 6.68. The summed E-state index contributed by atoms with van der Waals surface area (Å²) >= 11 is 0. The Labute approximate surface area is 86.8 Å². The van der Waals surface area contributed by atoms with Crippen molar-refractivity contribution >= 4 is 5.91 Å². The molecule has 0 heterocycles. The van der Waals surface area contributed by atoms with Crippen LogP contribution in [-0.2, 0) is 4.79 Å². The Bertz CT molecular complexity index is 200. The lowest BCUT2D eigenvalue weighted by Crippen LogP contribution is -2.26. The topological polar surface area (TPSA) is 29.1 Å². The summed E-state index contributed by atoms with van der Waals surface area (Å²) in [6, 6.07) is 0. The first-order valence-corrected chi connectivity index (χ1v) is 5.60. The summed E-state index contributed by atoms with van der Waals surface area (Å²) < 4.78 is 0. The number of hydrogen-bond acceptors (Lipinski definition) is 1. The summed E-state index contributed by atoms with van der Waals surface area (Å²) in [6.45, 7) is 4.98. The van der Waals surface area contributed by atoms with Crippen LogP contribution in [0.15, 0.2) is 12.2 Å². The molecule has 0 spiro atoms. The van der Waals surface area contributed by atoms with Gasteiger partial charge in [0.2, 0.25) is 5.91 Å². The van der Waals surface area contributed by atoms with Crippen LogP contribution in [0.5, 0.6) is 0 Å². The van der Waals surface area contributed by atoms with Gasteiger partial charge in [0.15, 0.2) is 0 Å². The minimum Gasteiger partial charge on any atom is -0.356 e. The molecular formula is C12H21NO. The Morgan fingerprint density at radius 1 is 1.43 bits per heavy atom. The van der Waals surface area contributed by atoms with Crippen LogP contribution in [0, 0.1) is 11.8 Å². The van der Waals surface area contributed by atoms with E-state index in [0.717, 1.165) is 18.9 Å². The van der Waals surface area contributed by atoms with Gasteiger partial charge in [-0.05, 0) is 31.1 Å². The van der Waals surface area contributed by atoms with E-state index in [2.05, 4.69) is 31.3 Å². The fraction of sp³-hybridized carbons (Fsp3) is 0.750. The van der Waals surface area contributed by atoms with E-state index in [1.54, 1.807) is 0 Å². The molecule has 0 aromatic carbocycles. The fourth-order valence-corrected chi connectivity index (χ4v) is 1.77. The van der Waals surface area contributed by atoms with E-state index in [0.29, 0.717) is 12.3 Å². The average molecular weight is 195 g/mol. The SMILES string of the molecule is CC(C)CC(=O)NCCC1CC=CC1. The van der Waals surface area contributed by atoms with E-state index < -0.39 is 0 Å². The lowest BCUT2D eigenvalue weighted by atomic mass is 10.0. The van der Waals surface area contributed by atoms with E-state index in [-0.39, 0.29) is 5.91 Å². The highest BCUT2D eigenvalue weighted by molar-refractivity contribution is 5.75. The third-order valence-corrected chi connectivity index (χ3v) is 2.57. The van der Waals surface area contributed by atoms with E-state index in [4.69, 9.17) is 0 Å². The highest BCUT2D eigenvalue weighted by atomic mass is 16.1. The zero-order chi connectivity index (χ0) is 10.4. The Morgan fingerprint density at radius 3 is 2.64 bits per heavy atom. The van der Waals surface area contributed by atoms with Crippen LogP contribution >= 0.6 is 0 Å². The Morgan fingerprint density at radius 2 is 2.07 bits per heavy atom. The Kier molecular flexibility index (Phi) is 4.71. The van der Waals surface area contributed by atoms with Crippen molar-refractivity contribution in [1.29, 1.82) is 0 Å². The summed E-state index contributed by atoms with van der Waals surface area (Å²) in [6.07, 6.45) is 8.64. The minimum atomic E-state index is 0.200. The number of nitrogens with one attached hydrogen (secondary N) is 1. The number of carbonyl (C=O) groups excluding carboxylic acids is 1. The van der Waals surface area contributed by atoms with Crippen molar-refractivity contribution < 1.29 is 4.79 Å². The van der Waals surface area contributed by atoms with Gasteiger partial charge in [-0.2, -0.15) is 0 Å². The van der Waals surface area contributed by atoms with Gasteiger partial charge in [0.25, 0.3) is 0 Å². The third kappa shape index (κ3) is 4.45. The molecule has 0 aliphatic heterocycles. The van der Waals surface area contributed by atoms with Crippen molar-refractivity contribution in [1.82, 2.24) is 5.32 Å². The average Bonchev–Trinajstić information content (AvgIpc) is 2.55. The molecule has 2 heteroatoms. The molecule has 0 atom stereocenters. The van der Waals surface area contributed by atoms with Crippen LogP contribution < -0.4 is 5.32 Å². The maximum atomic E-state index is 11.3. The van der Waals surface area contributed by atoms with Gasteiger partial charge < -0.3 is 5.32 Å². The van der Waals surface area contributed by atoms with E-state index in [1.807, 2.05) is 0 Å². The van der Waals surface area contributed by atoms with E-state index >= 15 is 0 Å². The third-order valence-electron chi connectivity index (χ3n) is 2.57. The van der Waals surface area contributed by atoms with Gasteiger partial charge >= 0.3 is 0 Å². The summed E-state index contributed by atoms with van der Waals surface area (Å²) in [5, 5.41) is 2.97. The Balaban J connectivity index is 2.00. The largest absolute Gasteiger partial charge is 0.356 e. The van der Waals surface area contributed by atoms with Crippen molar-refractivity contribution in [2.75, 3.05) is 6.54 Å². The van der Waals surface area contributed by atoms with Gasteiger partial charge in [0, 0.05) is 13.0 Å². The summed E-state index contributed by atoms with van der Waals surface area (Å²) in [7, 11) is 0. The van der Waals surface area contributed by atoms with Crippen molar-refractivity contribution in [3.8, 4) is 0 Å². The molecule has 0 aromatic rings. The van der Waals surface area contributed by atoms with E-state index in [9.17, 15) is 4.79 Å². The van der Waals surface area contributed by atoms with Crippen LogP contribution in [0.4, 0.5) is 0 Å². The number of allylic oxidation sites excluding steroid dienone is 2. The van der Waals surface area contributed by atoms with Gasteiger partial charge in [-0.1, -0.05) is 26.0 Å². The lowest BCUT2D eigenvalue weighted by molar-refractivity contribution is -0.121. The molecule has 14 heavy (non-hydrogen) atoms. The van der Waals surface area contributed by atoms with Crippen LogP contribution in [0.25, 0.3) is 0 Å². The van der Waals surface area contributed by atoms with Gasteiger partial charge in [0.05, 0.1) is 0 Å². The normalized spacial score (nSPS) is 16.5. The maximum Gasteiger partial charge on any atom is 0.220 e. The van der Waals surface area contributed by atoms with Crippen molar-refractivity contribution in [2.24, 2.45) is 11.8 Å². The zero-order valence-electron chi connectivity index (χ0n) is 9.25. The van der Waals surface area contributed by atoms with Crippen LogP contribution in [0.3, 0.4) is 0 Å². The summed E-state index contributed by atoms with van der Waals surface area (Å²) in [5.41, 5.74) is 0. The summed E-state index contributed by atoms with van der Waals surface area (Å²) in [5.74, 6) is 1.43. The van der Waals surface area contributed by atoms with Crippen LogP contribution in [0.2, 0.25) is 0 Å². The predicted molar refractivity (Wildman–Crippen MR) is 58.9 cm³/mol. The quantitative estimate of drug-likeness (QED) is 0.671. The number of rotatable bonds is 5. The van der Waals surface area contributed by atoms with Crippen molar-refractivity contribution in [2.45, 2.75) is 39.5 Å². The van der Waals surface area contributed by atoms with Crippen molar-refractivity contribution in [3.05, 3.63) is 12.2 Å². The molecule has 1 aliphatic carbocycles. The predicted octanol–water partition coefficient (Wildman–Crippen LogP) is 2.51. The molecule has 1 amide bonds. The molecule has 0 bridgehead atoms. The van der Waals surface area contributed by atoms with Crippen LogP contribution in [0.1, 0.15) is 39.5 Å². The molecule has 80 valence electrons. The first-order valence-electron chi connectivity index (χ1n) is 5.60. The minimum absolute atomic E-state index is 0.200. The molecule has 0 unspecified atom stereocenters. The highest BCUT2D eigenvalue weighted by Gasteiger charge is 2.10. The molecule has 0 aromatic heterocycles. The molecule has 0 radical (unpaired) electrons. The molecule has 0 saturated carbocycles. The second kappa shape index (κ2) is 5.84. The molecule has 0 saturated heterocycles. The first kappa shape index (κ1) is 11.3. The lowest BCUT2D eigenvalue weighted by Gasteiger charge is -2.10. The molecule has 0 fully saturated rings.